The molecule has 1 aliphatic heterocycles. The van der Waals surface area contributed by atoms with Gasteiger partial charge < -0.3 is 20.1 Å². The van der Waals surface area contributed by atoms with Crippen LogP contribution in [-0.2, 0) is 19.1 Å². The van der Waals surface area contributed by atoms with E-state index in [-0.39, 0.29) is 18.4 Å². The van der Waals surface area contributed by atoms with Crippen molar-refractivity contribution in [2.75, 3.05) is 32.7 Å². The Kier molecular flexibility index (Phi) is 11.0. The van der Waals surface area contributed by atoms with Crippen LogP contribution in [0.5, 0.6) is 0 Å². The Hall–Kier alpha value is -3.58. The molecule has 0 radical (unpaired) electrons. The lowest BCUT2D eigenvalue weighted by atomic mass is 9.79. The van der Waals surface area contributed by atoms with Crippen LogP contribution in [-0.4, -0.2) is 44.6 Å². The first-order valence-corrected chi connectivity index (χ1v) is 14.4. The molecular formula is C33H34Cl2N2O4. The summed E-state index contributed by atoms with van der Waals surface area (Å²) in [6.07, 6.45) is 0.680. The summed E-state index contributed by atoms with van der Waals surface area (Å²) >= 11 is 12.2. The number of alkyl halides is 1. The van der Waals surface area contributed by atoms with E-state index in [0.717, 1.165) is 0 Å². The minimum atomic E-state index is -0.712. The van der Waals surface area contributed by atoms with Crippen LogP contribution in [0, 0.1) is 0 Å². The lowest BCUT2D eigenvalue weighted by Gasteiger charge is -2.32. The van der Waals surface area contributed by atoms with Gasteiger partial charge in [-0.3, -0.25) is 4.79 Å². The molecule has 1 aliphatic rings. The highest BCUT2D eigenvalue weighted by molar-refractivity contribution is 6.30. The first-order chi connectivity index (χ1) is 19.9. The Morgan fingerprint density at radius 2 is 1.61 bits per heavy atom. The number of esters is 1. The number of carbonyl (C=O) groups excluding carboxylic acids is 2. The summed E-state index contributed by atoms with van der Waals surface area (Å²) < 4.78 is 10.9. The fourth-order valence-corrected chi connectivity index (χ4v) is 5.54. The van der Waals surface area contributed by atoms with E-state index in [1.165, 1.54) is 18.2 Å². The Morgan fingerprint density at radius 1 is 0.951 bits per heavy atom. The number of allylic oxidation sites excluding steroid dienone is 1. The zero-order valence-electron chi connectivity index (χ0n) is 23.2. The zero-order chi connectivity index (χ0) is 29.2. The number of amides is 1. The molecular weight excluding hydrogens is 559 g/mol. The fourth-order valence-electron chi connectivity index (χ4n) is 5.23. The standard InChI is InChI=1S/C33H34Cl2N2O4/c1-22-29(33(39)40-2)30(25-14-9-15-26(35)20-25)31(28(37-22)21-41-19-17-34)32(38)36-18-16-27(23-10-5-3-6-11-23)24-12-7-4-8-13-24/h3-15,20,27,30,37H,16-19,21H2,1-2H3,(H,36,38). The molecule has 0 aliphatic carbocycles. The number of ether oxygens (including phenoxy) is 2. The molecule has 0 spiro atoms. The molecule has 0 aromatic heterocycles. The summed E-state index contributed by atoms with van der Waals surface area (Å²) in [6, 6.07) is 27.6. The molecule has 214 valence electrons. The van der Waals surface area contributed by atoms with Gasteiger partial charge in [0.05, 0.1) is 43.1 Å². The molecule has 1 unspecified atom stereocenters. The van der Waals surface area contributed by atoms with Gasteiger partial charge in [0.25, 0.3) is 0 Å². The number of benzene rings is 3. The highest BCUT2D eigenvalue weighted by Gasteiger charge is 2.38. The van der Waals surface area contributed by atoms with Gasteiger partial charge in [-0.1, -0.05) is 84.4 Å². The van der Waals surface area contributed by atoms with Crippen LogP contribution in [0.3, 0.4) is 0 Å². The van der Waals surface area contributed by atoms with Crippen LogP contribution < -0.4 is 10.6 Å². The van der Waals surface area contributed by atoms with E-state index in [2.05, 4.69) is 34.9 Å². The van der Waals surface area contributed by atoms with Gasteiger partial charge in [-0.05, 0) is 42.2 Å². The second kappa shape index (κ2) is 14.9. The number of carbonyl (C=O) groups is 2. The minimum absolute atomic E-state index is 0.0965. The van der Waals surface area contributed by atoms with Gasteiger partial charge in [-0.15, -0.1) is 11.6 Å². The summed E-state index contributed by atoms with van der Waals surface area (Å²) in [4.78, 5) is 27.1. The largest absolute Gasteiger partial charge is 0.466 e. The topological polar surface area (TPSA) is 76.7 Å². The van der Waals surface area contributed by atoms with Crippen molar-refractivity contribution in [3.8, 4) is 0 Å². The maximum Gasteiger partial charge on any atom is 0.336 e. The summed E-state index contributed by atoms with van der Waals surface area (Å²) in [5.41, 5.74) is 4.90. The third kappa shape index (κ3) is 7.59. The first kappa shape index (κ1) is 30.4. The van der Waals surface area contributed by atoms with Crippen molar-refractivity contribution in [1.29, 1.82) is 0 Å². The Balaban J connectivity index is 1.67. The molecule has 3 aromatic rings. The lowest BCUT2D eigenvalue weighted by Crippen LogP contribution is -2.38. The monoisotopic (exact) mass is 592 g/mol. The molecule has 1 atom stereocenters. The van der Waals surface area contributed by atoms with Crippen molar-refractivity contribution in [1.82, 2.24) is 10.6 Å². The minimum Gasteiger partial charge on any atom is -0.466 e. The Bertz CT molecular complexity index is 1370. The molecule has 3 aromatic carbocycles. The number of methoxy groups -OCH3 is 1. The van der Waals surface area contributed by atoms with Gasteiger partial charge >= 0.3 is 5.97 Å². The molecule has 1 heterocycles. The second-order valence-electron chi connectivity index (χ2n) is 9.70. The van der Waals surface area contributed by atoms with Crippen molar-refractivity contribution in [3.05, 3.63) is 129 Å². The molecule has 0 fully saturated rings. The maximum atomic E-state index is 14.0. The number of hydrogen-bond donors (Lipinski definition) is 2. The van der Waals surface area contributed by atoms with E-state index in [1.807, 2.05) is 42.5 Å². The third-order valence-electron chi connectivity index (χ3n) is 7.07. The number of rotatable bonds is 12. The van der Waals surface area contributed by atoms with E-state index >= 15 is 0 Å². The smallest absolute Gasteiger partial charge is 0.336 e. The SMILES string of the molecule is COC(=O)C1=C(C)NC(COCCCl)=C(C(=O)NCCC(c2ccccc2)c2ccccc2)C1c1cccc(Cl)c1. The van der Waals surface area contributed by atoms with E-state index in [4.69, 9.17) is 32.7 Å². The van der Waals surface area contributed by atoms with Gasteiger partial charge in [-0.25, -0.2) is 4.79 Å². The number of nitrogens with one attached hydrogen (secondary N) is 2. The fraction of sp³-hybridized carbons (Fsp3) is 0.273. The molecule has 1 amide bonds. The Labute approximate surface area is 251 Å². The van der Waals surface area contributed by atoms with E-state index in [9.17, 15) is 9.59 Å². The van der Waals surface area contributed by atoms with E-state index < -0.39 is 11.9 Å². The van der Waals surface area contributed by atoms with Crippen molar-refractivity contribution in [2.24, 2.45) is 0 Å². The molecule has 6 nitrogen and oxygen atoms in total. The van der Waals surface area contributed by atoms with Crippen LogP contribution in [0.15, 0.2) is 107 Å². The molecule has 41 heavy (non-hydrogen) atoms. The van der Waals surface area contributed by atoms with Gasteiger partial charge in [-0.2, -0.15) is 0 Å². The van der Waals surface area contributed by atoms with Crippen LogP contribution in [0.1, 0.15) is 41.9 Å². The number of dihydropyridines is 1. The molecule has 8 heteroatoms. The molecule has 0 bridgehead atoms. The summed E-state index contributed by atoms with van der Waals surface area (Å²) in [7, 11) is 1.33. The second-order valence-corrected chi connectivity index (χ2v) is 10.5. The van der Waals surface area contributed by atoms with E-state index in [0.29, 0.717) is 58.6 Å². The van der Waals surface area contributed by atoms with Crippen LogP contribution >= 0.6 is 23.2 Å². The zero-order valence-corrected chi connectivity index (χ0v) is 24.7. The van der Waals surface area contributed by atoms with Crippen LogP contribution in [0.4, 0.5) is 0 Å². The predicted molar refractivity (Wildman–Crippen MR) is 163 cm³/mol. The van der Waals surface area contributed by atoms with Crippen molar-refractivity contribution in [3.63, 3.8) is 0 Å². The van der Waals surface area contributed by atoms with Crippen LogP contribution in [0.2, 0.25) is 5.02 Å². The van der Waals surface area contributed by atoms with Crippen LogP contribution in [0.25, 0.3) is 0 Å². The summed E-state index contributed by atoms with van der Waals surface area (Å²) in [6.45, 7) is 2.62. The Morgan fingerprint density at radius 3 is 2.20 bits per heavy atom. The molecule has 0 saturated carbocycles. The van der Waals surface area contributed by atoms with Crippen molar-refractivity contribution in [2.45, 2.75) is 25.2 Å². The van der Waals surface area contributed by atoms with Gasteiger partial charge in [0, 0.05) is 29.1 Å². The summed E-state index contributed by atoms with van der Waals surface area (Å²) in [5, 5.41) is 6.85. The molecule has 0 saturated heterocycles. The normalized spacial score (nSPS) is 15.1. The van der Waals surface area contributed by atoms with E-state index in [1.54, 1.807) is 25.1 Å². The third-order valence-corrected chi connectivity index (χ3v) is 7.46. The number of hydrogen-bond acceptors (Lipinski definition) is 5. The van der Waals surface area contributed by atoms with Gasteiger partial charge in [0.1, 0.15) is 0 Å². The highest BCUT2D eigenvalue weighted by atomic mass is 35.5. The average Bonchev–Trinajstić information content (AvgIpc) is 2.99. The summed E-state index contributed by atoms with van der Waals surface area (Å²) in [5.74, 6) is -1.13. The first-order valence-electron chi connectivity index (χ1n) is 13.5. The quantitative estimate of drug-likeness (QED) is 0.146. The van der Waals surface area contributed by atoms with Gasteiger partial charge in [0.2, 0.25) is 5.91 Å². The molecule has 4 rings (SSSR count). The molecule has 2 N–H and O–H groups in total. The van der Waals surface area contributed by atoms with Gasteiger partial charge in [0.15, 0.2) is 0 Å². The van der Waals surface area contributed by atoms with Crippen molar-refractivity contribution >= 4 is 35.1 Å². The lowest BCUT2D eigenvalue weighted by molar-refractivity contribution is -0.136. The predicted octanol–water partition coefficient (Wildman–Crippen LogP) is 6.32. The van der Waals surface area contributed by atoms with Crippen molar-refractivity contribution < 1.29 is 19.1 Å². The maximum absolute atomic E-state index is 14.0. The average molecular weight is 594 g/mol. The number of halogens is 2. The highest BCUT2D eigenvalue weighted by Crippen LogP contribution is 2.39.